The summed E-state index contributed by atoms with van der Waals surface area (Å²) in [6.45, 7) is 2.90. The number of ether oxygens (including phenoxy) is 1. The van der Waals surface area contributed by atoms with E-state index in [4.69, 9.17) is 39.5 Å². The number of hydrogen-bond acceptors (Lipinski definition) is 3. The van der Waals surface area contributed by atoms with Gasteiger partial charge in [0.1, 0.15) is 0 Å². The van der Waals surface area contributed by atoms with Crippen LogP contribution in [0.1, 0.15) is 33.2 Å². The fraction of sp³-hybridized carbons (Fsp3) is 0.296. The van der Waals surface area contributed by atoms with Crippen molar-refractivity contribution in [1.82, 2.24) is 9.80 Å². The third kappa shape index (κ3) is 7.18. The summed E-state index contributed by atoms with van der Waals surface area (Å²) in [5, 5.41) is 1.23. The first-order valence-corrected chi connectivity index (χ1v) is 12.7. The normalized spacial score (nSPS) is 15.6. The zero-order chi connectivity index (χ0) is 26.6. The Morgan fingerprint density at radius 1 is 0.865 bits per heavy atom. The Balaban J connectivity index is 1.40. The van der Waals surface area contributed by atoms with Gasteiger partial charge in [0.15, 0.2) is 0 Å². The van der Waals surface area contributed by atoms with Gasteiger partial charge in [0, 0.05) is 37.7 Å². The molecule has 0 radical (unpaired) electrons. The van der Waals surface area contributed by atoms with Gasteiger partial charge in [0.25, 0.3) is 5.91 Å². The van der Waals surface area contributed by atoms with Crippen molar-refractivity contribution < 1.29 is 22.7 Å². The molecule has 1 unspecified atom stereocenters. The van der Waals surface area contributed by atoms with Gasteiger partial charge >= 0.3 is 6.18 Å². The lowest BCUT2D eigenvalue weighted by molar-refractivity contribution is -0.137. The highest BCUT2D eigenvalue weighted by atomic mass is 35.5. The third-order valence-corrected chi connectivity index (χ3v) is 7.12. The number of halogens is 6. The average Bonchev–Trinajstić information content (AvgIpc) is 2.87. The highest BCUT2D eigenvalue weighted by Crippen LogP contribution is 2.30. The number of benzene rings is 3. The molecule has 10 heteroatoms. The number of rotatable bonds is 7. The summed E-state index contributed by atoms with van der Waals surface area (Å²) < 4.78 is 44.8. The Labute approximate surface area is 228 Å². The molecule has 1 aliphatic rings. The molecule has 4 nitrogen and oxygen atoms in total. The molecule has 0 aliphatic carbocycles. The summed E-state index contributed by atoms with van der Waals surface area (Å²) in [5.41, 5.74) is 1.14. The first kappa shape index (κ1) is 27.7. The van der Waals surface area contributed by atoms with E-state index in [1.165, 1.54) is 12.1 Å². The second-order valence-corrected chi connectivity index (χ2v) is 9.99. The Bertz CT molecular complexity index is 1190. The van der Waals surface area contributed by atoms with Crippen LogP contribution in [0.3, 0.4) is 0 Å². The standard InChI is InChI=1S/C27H24Cl3F3N2O2/c28-21-10-6-19(7-11-21)24(37-17-18-4-8-20(9-5-18)27(31,32)33)16-34-12-14-35(15-13-34)26(36)25-22(29)2-1-3-23(25)30/h1-11,24H,12-17H2. The minimum absolute atomic E-state index is 0.148. The minimum atomic E-state index is -4.38. The van der Waals surface area contributed by atoms with Crippen molar-refractivity contribution >= 4 is 40.7 Å². The topological polar surface area (TPSA) is 32.8 Å². The van der Waals surface area contributed by atoms with Gasteiger partial charge in [-0.2, -0.15) is 13.2 Å². The van der Waals surface area contributed by atoms with E-state index >= 15 is 0 Å². The highest BCUT2D eigenvalue weighted by molar-refractivity contribution is 6.39. The molecule has 1 fully saturated rings. The largest absolute Gasteiger partial charge is 0.416 e. The molecule has 4 rings (SSSR count). The Morgan fingerprint density at radius 2 is 1.46 bits per heavy atom. The molecular formula is C27H24Cl3F3N2O2. The monoisotopic (exact) mass is 570 g/mol. The van der Waals surface area contributed by atoms with Crippen LogP contribution in [0.25, 0.3) is 0 Å². The van der Waals surface area contributed by atoms with Crippen LogP contribution < -0.4 is 0 Å². The summed E-state index contributed by atoms with van der Waals surface area (Å²) in [6, 6.07) is 17.2. The van der Waals surface area contributed by atoms with Gasteiger partial charge in [-0.25, -0.2) is 0 Å². The second-order valence-electron chi connectivity index (χ2n) is 8.74. The van der Waals surface area contributed by atoms with E-state index in [-0.39, 0.29) is 18.6 Å². The van der Waals surface area contributed by atoms with E-state index in [1.807, 2.05) is 12.1 Å². The molecule has 1 amide bonds. The van der Waals surface area contributed by atoms with Crippen molar-refractivity contribution in [2.24, 2.45) is 0 Å². The lowest BCUT2D eigenvalue weighted by Crippen LogP contribution is -2.49. The summed E-state index contributed by atoms with van der Waals surface area (Å²) in [4.78, 5) is 16.9. The summed E-state index contributed by atoms with van der Waals surface area (Å²) in [7, 11) is 0. The quantitative estimate of drug-likeness (QED) is 0.297. The maximum atomic E-state index is 13.0. The van der Waals surface area contributed by atoms with E-state index in [1.54, 1.807) is 35.2 Å². The van der Waals surface area contributed by atoms with E-state index < -0.39 is 11.7 Å². The van der Waals surface area contributed by atoms with Crippen molar-refractivity contribution in [3.05, 3.63) is 104 Å². The highest BCUT2D eigenvalue weighted by Gasteiger charge is 2.30. The number of nitrogens with zero attached hydrogens (tertiary/aromatic N) is 2. The van der Waals surface area contributed by atoms with Gasteiger partial charge in [0.05, 0.1) is 33.9 Å². The molecular weight excluding hydrogens is 548 g/mol. The molecule has 3 aromatic rings. The van der Waals surface area contributed by atoms with Gasteiger partial charge in [-0.15, -0.1) is 0 Å². The molecule has 0 spiro atoms. The number of hydrogen-bond donors (Lipinski definition) is 0. The third-order valence-electron chi connectivity index (χ3n) is 6.23. The van der Waals surface area contributed by atoms with E-state index in [0.29, 0.717) is 58.9 Å². The summed E-state index contributed by atoms with van der Waals surface area (Å²) >= 11 is 18.5. The zero-order valence-electron chi connectivity index (χ0n) is 19.6. The molecule has 1 heterocycles. The van der Waals surface area contributed by atoms with Crippen LogP contribution in [0.4, 0.5) is 13.2 Å². The van der Waals surface area contributed by atoms with E-state index in [2.05, 4.69) is 4.90 Å². The van der Waals surface area contributed by atoms with Gasteiger partial charge in [-0.1, -0.05) is 65.1 Å². The van der Waals surface area contributed by atoms with Crippen LogP contribution in [0.15, 0.2) is 66.7 Å². The number of amides is 1. The minimum Gasteiger partial charge on any atom is -0.368 e. The van der Waals surface area contributed by atoms with Crippen LogP contribution in [-0.2, 0) is 17.5 Å². The molecule has 1 atom stereocenters. The van der Waals surface area contributed by atoms with Crippen LogP contribution in [0, 0.1) is 0 Å². The predicted octanol–water partition coefficient (Wildman–Crippen LogP) is 7.38. The van der Waals surface area contributed by atoms with Gasteiger partial charge in [0.2, 0.25) is 0 Å². The summed E-state index contributed by atoms with van der Waals surface area (Å²) in [6.07, 6.45) is -4.73. The summed E-state index contributed by atoms with van der Waals surface area (Å²) in [5.74, 6) is -0.206. The Hall–Kier alpha value is -2.29. The van der Waals surface area contributed by atoms with Gasteiger partial charge in [-0.3, -0.25) is 9.69 Å². The van der Waals surface area contributed by atoms with Crippen LogP contribution in [0.2, 0.25) is 15.1 Å². The van der Waals surface area contributed by atoms with Gasteiger partial charge < -0.3 is 9.64 Å². The van der Waals surface area contributed by atoms with Crippen molar-refractivity contribution in [3.63, 3.8) is 0 Å². The van der Waals surface area contributed by atoms with Crippen molar-refractivity contribution in [2.75, 3.05) is 32.7 Å². The lowest BCUT2D eigenvalue weighted by Gasteiger charge is -2.36. The fourth-order valence-electron chi connectivity index (χ4n) is 4.15. The lowest BCUT2D eigenvalue weighted by atomic mass is 10.1. The number of carbonyl (C=O) groups excluding carboxylic acids is 1. The van der Waals surface area contributed by atoms with Crippen LogP contribution in [0.5, 0.6) is 0 Å². The van der Waals surface area contributed by atoms with E-state index in [9.17, 15) is 18.0 Å². The first-order chi connectivity index (χ1) is 17.6. The van der Waals surface area contributed by atoms with Crippen LogP contribution in [-0.4, -0.2) is 48.4 Å². The maximum absolute atomic E-state index is 13.0. The molecule has 37 heavy (non-hydrogen) atoms. The molecule has 0 N–H and O–H groups in total. The molecule has 196 valence electrons. The van der Waals surface area contributed by atoms with Crippen molar-refractivity contribution in [2.45, 2.75) is 18.9 Å². The Morgan fingerprint density at radius 3 is 2.03 bits per heavy atom. The molecule has 1 saturated heterocycles. The smallest absolute Gasteiger partial charge is 0.368 e. The van der Waals surface area contributed by atoms with E-state index in [0.717, 1.165) is 17.7 Å². The number of piperazine rings is 1. The fourth-order valence-corrected chi connectivity index (χ4v) is 4.83. The molecule has 0 bridgehead atoms. The predicted molar refractivity (Wildman–Crippen MR) is 139 cm³/mol. The molecule has 0 saturated carbocycles. The van der Waals surface area contributed by atoms with Crippen LogP contribution >= 0.6 is 34.8 Å². The molecule has 1 aliphatic heterocycles. The maximum Gasteiger partial charge on any atom is 0.416 e. The zero-order valence-corrected chi connectivity index (χ0v) is 21.9. The van der Waals surface area contributed by atoms with Crippen molar-refractivity contribution in [3.8, 4) is 0 Å². The average molecular weight is 572 g/mol. The SMILES string of the molecule is O=C(c1c(Cl)cccc1Cl)N1CCN(CC(OCc2ccc(C(F)(F)F)cc2)c2ccc(Cl)cc2)CC1. The van der Waals surface area contributed by atoms with Crippen molar-refractivity contribution in [1.29, 1.82) is 0 Å². The second kappa shape index (κ2) is 12.0. The number of alkyl halides is 3. The number of carbonyl (C=O) groups is 1. The molecule has 0 aromatic heterocycles. The Kier molecular flexibility index (Phi) is 9.03. The molecule has 3 aromatic carbocycles. The van der Waals surface area contributed by atoms with Gasteiger partial charge in [-0.05, 0) is 47.5 Å². The first-order valence-electron chi connectivity index (χ1n) is 11.6.